The van der Waals surface area contributed by atoms with E-state index >= 15 is 0 Å². The van der Waals surface area contributed by atoms with Crippen molar-refractivity contribution in [3.05, 3.63) is 29.8 Å². The first-order chi connectivity index (χ1) is 9.95. The van der Waals surface area contributed by atoms with Crippen LogP contribution in [-0.2, 0) is 19.6 Å². The average molecular weight is 311 g/mol. The molecule has 1 aliphatic heterocycles. The zero-order valence-electron chi connectivity index (χ0n) is 11.8. The van der Waals surface area contributed by atoms with Gasteiger partial charge in [-0.25, -0.2) is 8.42 Å². The van der Waals surface area contributed by atoms with Gasteiger partial charge in [0.1, 0.15) is 11.9 Å². The summed E-state index contributed by atoms with van der Waals surface area (Å²) in [5.74, 6) is -0.0943. The molecule has 1 amide bonds. The normalized spacial score (nSPS) is 18.9. The SMILES string of the molecule is COCCNC(=O)[C@H](C)N=C1NS(=O)(=O)c2ccccc21. The number of carbonyl (C=O) groups is 1. The zero-order valence-corrected chi connectivity index (χ0v) is 12.6. The fourth-order valence-electron chi connectivity index (χ4n) is 1.91. The van der Waals surface area contributed by atoms with E-state index in [1.165, 1.54) is 6.07 Å². The highest BCUT2D eigenvalue weighted by molar-refractivity contribution is 7.90. The average Bonchev–Trinajstić information content (AvgIpc) is 2.71. The van der Waals surface area contributed by atoms with E-state index in [2.05, 4.69) is 15.0 Å². The first kappa shape index (κ1) is 15.5. The number of aliphatic imine (C=N–C) groups is 1. The fourth-order valence-corrected chi connectivity index (χ4v) is 3.15. The second-order valence-corrected chi connectivity index (χ2v) is 6.19. The van der Waals surface area contributed by atoms with Gasteiger partial charge in [0.2, 0.25) is 5.91 Å². The van der Waals surface area contributed by atoms with E-state index < -0.39 is 16.1 Å². The van der Waals surface area contributed by atoms with Crippen LogP contribution in [0, 0.1) is 0 Å². The van der Waals surface area contributed by atoms with Crippen molar-refractivity contribution in [2.75, 3.05) is 20.3 Å². The van der Waals surface area contributed by atoms with Crippen LogP contribution >= 0.6 is 0 Å². The molecule has 0 unspecified atom stereocenters. The highest BCUT2D eigenvalue weighted by Gasteiger charge is 2.31. The Kier molecular flexibility index (Phi) is 4.59. The molecule has 1 aliphatic rings. The second kappa shape index (κ2) is 6.23. The van der Waals surface area contributed by atoms with Gasteiger partial charge in [-0.3, -0.25) is 14.5 Å². The number of ether oxygens (including phenoxy) is 1. The van der Waals surface area contributed by atoms with Crippen molar-refractivity contribution in [2.45, 2.75) is 17.9 Å². The summed E-state index contributed by atoms with van der Waals surface area (Å²) in [5, 5.41) is 2.65. The van der Waals surface area contributed by atoms with E-state index in [-0.39, 0.29) is 16.6 Å². The molecule has 1 heterocycles. The Hall–Kier alpha value is -1.93. The summed E-state index contributed by atoms with van der Waals surface area (Å²) in [6.45, 7) is 2.39. The van der Waals surface area contributed by atoms with Crippen LogP contribution in [0.15, 0.2) is 34.2 Å². The highest BCUT2D eigenvalue weighted by atomic mass is 32.2. The molecule has 0 radical (unpaired) electrons. The molecule has 1 aromatic rings. The van der Waals surface area contributed by atoms with Crippen LogP contribution < -0.4 is 10.0 Å². The maximum absolute atomic E-state index is 11.9. The molecule has 0 spiro atoms. The number of nitrogens with zero attached hydrogens (tertiary/aromatic N) is 1. The summed E-state index contributed by atoms with van der Waals surface area (Å²) in [6, 6.07) is 5.82. The number of hydrogen-bond acceptors (Lipinski definition) is 5. The predicted molar refractivity (Wildman–Crippen MR) is 77.6 cm³/mol. The summed E-state index contributed by atoms with van der Waals surface area (Å²) in [6.07, 6.45) is 0. The number of benzene rings is 1. The third-order valence-electron chi connectivity index (χ3n) is 2.97. The maximum Gasteiger partial charge on any atom is 0.263 e. The van der Waals surface area contributed by atoms with Gasteiger partial charge in [0.05, 0.1) is 11.5 Å². The van der Waals surface area contributed by atoms with E-state index in [0.717, 1.165) is 0 Å². The molecule has 0 aliphatic carbocycles. The third-order valence-corrected chi connectivity index (χ3v) is 4.37. The van der Waals surface area contributed by atoms with E-state index in [1.54, 1.807) is 32.2 Å². The lowest BCUT2D eigenvalue weighted by Crippen LogP contribution is -2.35. The Bertz CT molecular complexity index is 670. The van der Waals surface area contributed by atoms with Gasteiger partial charge in [-0.1, -0.05) is 12.1 Å². The number of amidine groups is 1. The van der Waals surface area contributed by atoms with Crippen molar-refractivity contribution in [3.8, 4) is 0 Å². The van der Waals surface area contributed by atoms with Crippen LogP contribution in [0.1, 0.15) is 12.5 Å². The standard InChI is InChI=1S/C13H17N3O4S/c1-9(13(17)14-7-8-20-2)15-12-10-5-3-4-6-11(10)21(18,19)16-12/h3-6,9H,7-8H2,1-2H3,(H,14,17)(H,15,16)/t9-/m0/s1. The van der Waals surface area contributed by atoms with Gasteiger partial charge in [0, 0.05) is 19.2 Å². The summed E-state index contributed by atoms with van der Waals surface area (Å²) in [4.78, 5) is 16.2. The number of rotatable bonds is 5. The summed E-state index contributed by atoms with van der Waals surface area (Å²) in [5.41, 5.74) is 0.481. The molecule has 1 aromatic carbocycles. The van der Waals surface area contributed by atoms with E-state index in [9.17, 15) is 13.2 Å². The summed E-state index contributed by atoms with van der Waals surface area (Å²) < 4.78 is 31.0. The number of methoxy groups -OCH3 is 1. The molecule has 8 heteroatoms. The van der Waals surface area contributed by atoms with Crippen molar-refractivity contribution in [1.82, 2.24) is 10.0 Å². The lowest BCUT2D eigenvalue weighted by Gasteiger charge is -2.09. The van der Waals surface area contributed by atoms with E-state index in [1.807, 2.05) is 0 Å². The quantitative estimate of drug-likeness (QED) is 0.741. The molecular formula is C13H17N3O4S. The van der Waals surface area contributed by atoms with Crippen molar-refractivity contribution < 1.29 is 17.9 Å². The molecule has 0 fully saturated rings. The Morgan fingerprint density at radius 3 is 2.86 bits per heavy atom. The molecule has 7 nitrogen and oxygen atoms in total. The highest BCUT2D eigenvalue weighted by Crippen LogP contribution is 2.22. The molecule has 2 N–H and O–H groups in total. The van der Waals surface area contributed by atoms with Crippen LogP contribution in [-0.4, -0.2) is 46.5 Å². The van der Waals surface area contributed by atoms with Crippen LogP contribution in [0.25, 0.3) is 0 Å². The monoisotopic (exact) mass is 311 g/mol. The molecule has 0 saturated heterocycles. The van der Waals surface area contributed by atoms with Crippen LogP contribution in [0.5, 0.6) is 0 Å². The molecule has 2 rings (SSSR count). The number of hydrogen-bond donors (Lipinski definition) is 2. The first-order valence-corrected chi connectivity index (χ1v) is 7.90. The minimum absolute atomic E-state index is 0.177. The topological polar surface area (TPSA) is 96.9 Å². The minimum atomic E-state index is -3.58. The Labute approximate surface area is 123 Å². The molecule has 114 valence electrons. The van der Waals surface area contributed by atoms with Gasteiger partial charge in [-0.15, -0.1) is 0 Å². The number of nitrogens with one attached hydrogen (secondary N) is 2. The Balaban J connectivity index is 2.18. The number of carbonyl (C=O) groups excluding carboxylic acids is 1. The predicted octanol–water partition coefficient (Wildman–Crippen LogP) is -0.124. The molecule has 1 atom stereocenters. The molecule has 0 bridgehead atoms. The minimum Gasteiger partial charge on any atom is -0.383 e. The van der Waals surface area contributed by atoms with Crippen molar-refractivity contribution in [1.29, 1.82) is 0 Å². The maximum atomic E-state index is 11.9. The van der Waals surface area contributed by atoms with Crippen LogP contribution in [0.2, 0.25) is 0 Å². The van der Waals surface area contributed by atoms with Crippen molar-refractivity contribution in [3.63, 3.8) is 0 Å². The van der Waals surface area contributed by atoms with E-state index in [4.69, 9.17) is 4.74 Å². The van der Waals surface area contributed by atoms with Crippen LogP contribution in [0.4, 0.5) is 0 Å². The van der Waals surface area contributed by atoms with Gasteiger partial charge < -0.3 is 10.1 Å². The third kappa shape index (κ3) is 3.40. The number of amides is 1. The van der Waals surface area contributed by atoms with Crippen molar-refractivity contribution >= 4 is 21.8 Å². The molecule has 0 aromatic heterocycles. The lowest BCUT2D eigenvalue weighted by atomic mass is 10.2. The Morgan fingerprint density at radius 1 is 1.43 bits per heavy atom. The number of sulfonamides is 1. The van der Waals surface area contributed by atoms with Gasteiger partial charge in [0.15, 0.2) is 0 Å². The summed E-state index contributed by atoms with van der Waals surface area (Å²) >= 11 is 0. The van der Waals surface area contributed by atoms with Gasteiger partial charge in [-0.2, -0.15) is 0 Å². The largest absolute Gasteiger partial charge is 0.383 e. The van der Waals surface area contributed by atoms with Gasteiger partial charge in [0.25, 0.3) is 10.0 Å². The smallest absolute Gasteiger partial charge is 0.263 e. The van der Waals surface area contributed by atoms with Gasteiger partial charge >= 0.3 is 0 Å². The van der Waals surface area contributed by atoms with Crippen molar-refractivity contribution in [2.24, 2.45) is 4.99 Å². The Morgan fingerprint density at radius 2 is 2.14 bits per heavy atom. The van der Waals surface area contributed by atoms with E-state index in [0.29, 0.717) is 18.7 Å². The summed E-state index contributed by atoms with van der Waals surface area (Å²) in [7, 11) is -2.04. The van der Waals surface area contributed by atoms with Gasteiger partial charge in [-0.05, 0) is 19.1 Å². The molecular weight excluding hydrogens is 294 g/mol. The zero-order chi connectivity index (χ0) is 15.5. The first-order valence-electron chi connectivity index (χ1n) is 6.42. The fraction of sp³-hybridized carbons (Fsp3) is 0.385. The second-order valence-electron chi connectivity index (χ2n) is 4.54. The lowest BCUT2D eigenvalue weighted by molar-refractivity contribution is -0.122. The number of fused-ring (bicyclic) bond motifs is 1. The van der Waals surface area contributed by atoms with Crippen LogP contribution in [0.3, 0.4) is 0 Å². The molecule has 0 saturated carbocycles. The molecule has 21 heavy (non-hydrogen) atoms.